The van der Waals surface area contributed by atoms with E-state index in [4.69, 9.17) is 28.4 Å². The van der Waals surface area contributed by atoms with E-state index in [1.165, 1.54) is 12.0 Å². The number of aliphatic hydroxyl groups excluding tert-OH is 1. The Labute approximate surface area is 440 Å². The molecule has 17 heteroatoms. The summed E-state index contributed by atoms with van der Waals surface area (Å²) in [5.41, 5.74) is 1.25. The molecule has 1 saturated carbocycles. The van der Waals surface area contributed by atoms with Gasteiger partial charge in [0.2, 0.25) is 5.79 Å². The molecule has 0 spiro atoms. The van der Waals surface area contributed by atoms with E-state index < -0.39 is 83.9 Å². The number of piperazine rings is 1. The zero-order chi connectivity index (χ0) is 54.4. The predicted octanol–water partition coefficient (Wildman–Crippen LogP) is 6.57. The van der Waals surface area contributed by atoms with Crippen molar-refractivity contribution < 1.29 is 67.4 Å². The summed E-state index contributed by atoms with van der Waals surface area (Å²) in [5.74, 6) is -8.21. The molecule has 74 heavy (non-hydrogen) atoms. The summed E-state index contributed by atoms with van der Waals surface area (Å²) in [6.45, 7) is 15.4. The van der Waals surface area contributed by atoms with E-state index in [9.17, 15) is 39.0 Å². The summed E-state index contributed by atoms with van der Waals surface area (Å²) < 4.78 is 35.9. The van der Waals surface area contributed by atoms with Crippen LogP contribution in [-0.4, -0.2) is 176 Å². The number of amides is 2. The number of hydrogen-bond donors (Lipinski definition) is 2. The maximum atomic E-state index is 14.6. The van der Waals surface area contributed by atoms with Crippen LogP contribution in [0.4, 0.5) is 4.79 Å². The largest absolute Gasteiger partial charge is 0.460 e. The van der Waals surface area contributed by atoms with E-state index in [1.807, 2.05) is 65.1 Å². The van der Waals surface area contributed by atoms with Gasteiger partial charge in [0, 0.05) is 84.6 Å². The van der Waals surface area contributed by atoms with Crippen LogP contribution in [0.1, 0.15) is 126 Å². The minimum atomic E-state index is -2.45. The lowest BCUT2D eigenvalue weighted by Crippen LogP contribution is -2.61. The van der Waals surface area contributed by atoms with Gasteiger partial charge < -0.3 is 53.3 Å². The lowest BCUT2D eigenvalue weighted by molar-refractivity contribution is -0.265. The highest BCUT2D eigenvalue weighted by atomic mass is 16.6. The molecule has 2 bridgehead atoms. The highest BCUT2D eigenvalue weighted by Gasteiger charge is 2.53. The molecule has 2 N–H and O–H groups in total. The number of fused-ring (bicyclic) bond motifs is 3. The molecule has 17 nitrogen and oxygen atoms in total. The molecule has 4 aliphatic heterocycles. The van der Waals surface area contributed by atoms with Gasteiger partial charge in [-0.1, -0.05) is 71.1 Å². The molecule has 0 aromatic rings. The van der Waals surface area contributed by atoms with E-state index >= 15 is 0 Å². The summed E-state index contributed by atoms with van der Waals surface area (Å²) >= 11 is 0. The first-order valence-corrected chi connectivity index (χ1v) is 27.2. The number of rotatable bonds is 7. The molecule has 3 saturated heterocycles. The molecule has 15 atom stereocenters. The Hall–Kier alpha value is -4.10. The fourth-order valence-corrected chi connectivity index (χ4v) is 11.4. The second kappa shape index (κ2) is 28.3. The number of methoxy groups -OCH3 is 3. The summed E-state index contributed by atoms with van der Waals surface area (Å²) in [6, 6.07) is -1.17. The zero-order valence-electron chi connectivity index (χ0n) is 46.2. The molecule has 2 amide bonds. The van der Waals surface area contributed by atoms with Crippen LogP contribution in [-0.2, 0) is 52.4 Å². The number of ketones is 3. The molecular formula is C57H89N3O14. The van der Waals surface area contributed by atoms with Gasteiger partial charge in [0.05, 0.1) is 18.3 Å². The zero-order valence-corrected chi connectivity index (χ0v) is 46.2. The van der Waals surface area contributed by atoms with Gasteiger partial charge in [-0.05, 0) is 114 Å². The fourth-order valence-electron chi connectivity index (χ4n) is 11.4. The topological polar surface area (TPSA) is 208 Å². The van der Waals surface area contributed by atoms with Gasteiger partial charge in [0.1, 0.15) is 36.2 Å². The molecule has 0 aromatic heterocycles. The third-order valence-electron chi connectivity index (χ3n) is 16.5. The minimum Gasteiger partial charge on any atom is -0.460 e. The molecule has 1 aliphatic carbocycles. The van der Waals surface area contributed by atoms with Gasteiger partial charge in [0.15, 0.2) is 5.78 Å². The highest BCUT2D eigenvalue weighted by Crippen LogP contribution is 2.38. The quantitative estimate of drug-likeness (QED) is 0.157. The van der Waals surface area contributed by atoms with E-state index in [-0.39, 0.29) is 60.9 Å². The Morgan fingerprint density at radius 1 is 0.824 bits per heavy atom. The molecule has 0 radical (unpaired) electrons. The molecule has 0 unspecified atom stereocenters. The van der Waals surface area contributed by atoms with Crippen molar-refractivity contribution in [1.29, 1.82) is 0 Å². The number of Topliss-reactive ketones (excluding diaryl/α,β-unsaturated/α-hetero) is 3. The van der Waals surface area contributed by atoms with E-state index in [0.29, 0.717) is 82.9 Å². The van der Waals surface area contributed by atoms with Crippen LogP contribution in [0.5, 0.6) is 0 Å². The number of aliphatic hydroxyl groups is 2. The van der Waals surface area contributed by atoms with E-state index in [1.54, 1.807) is 46.0 Å². The van der Waals surface area contributed by atoms with E-state index in [0.717, 1.165) is 18.7 Å². The summed E-state index contributed by atoms with van der Waals surface area (Å²) in [5, 5.41) is 23.6. The average Bonchev–Trinajstić information content (AvgIpc) is 3.38. The molecule has 5 rings (SSSR count). The first-order chi connectivity index (χ1) is 35.1. The van der Waals surface area contributed by atoms with Crippen LogP contribution in [0.3, 0.4) is 0 Å². The van der Waals surface area contributed by atoms with Crippen molar-refractivity contribution in [3.05, 3.63) is 47.6 Å². The number of allylic oxidation sites excluding steroid dienone is 6. The van der Waals surface area contributed by atoms with Crippen LogP contribution in [0.2, 0.25) is 0 Å². The van der Waals surface area contributed by atoms with Crippen molar-refractivity contribution in [1.82, 2.24) is 14.7 Å². The van der Waals surface area contributed by atoms with Gasteiger partial charge in [-0.25, -0.2) is 9.59 Å². The number of ether oxygens (including phenoxy) is 6. The Morgan fingerprint density at radius 2 is 1.54 bits per heavy atom. The Balaban J connectivity index is 1.43. The first-order valence-electron chi connectivity index (χ1n) is 27.2. The number of cyclic esters (lactones) is 1. The standard InChI is InChI=1S/C57H89N3O14/c1-35-17-13-12-14-18-36(2)47(69-9)33-43-22-20-41(7)57(68,74-43)53(64)54(65)60-24-16-15-19-44(60)55(66)72-48(34-45(61)37(3)30-40(6)51(63)52(71-11)50(62)39(5)29-35)38(4)31-42-21-23-46(49(32-42)70-10)73-56(67)59-27-25-58(8)26-28-59/h12-14,17-18,30,35,37-39,41-44,46-49,51-52,63,68H,15-16,19-29,31-34H2,1-11H3/b14-12+,17-13+,36-18+,40-30+/t35-,37-,38-,39-,41-,42+,43+,44+,46-,47+,48+,49-,51-,52+,57-/m1/s1. The molecule has 416 valence electrons. The number of esters is 1. The van der Waals surface area contributed by atoms with Crippen LogP contribution in [0.25, 0.3) is 0 Å². The number of hydrogen-bond acceptors (Lipinski definition) is 15. The minimum absolute atomic E-state index is 0.00750. The number of carbonyl (C=O) groups excluding carboxylic acids is 6. The van der Waals surface area contributed by atoms with Crippen LogP contribution in [0.15, 0.2) is 47.6 Å². The summed E-state index contributed by atoms with van der Waals surface area (Å²) in [7, 11) is 6.58. The Kier molecular flexibility index (Phi) is 23.3. The smallest absolute Gasteiger partial charge is 0.410 e. The lowest BCUT2D eigenvalue weighted by Gasteiger charge is -2.42. The van der Waals surface area contributed by atoms with Crippen molar-refractivity contribution in [2.75, 3.05) is 61.1 Å². The molecule has 5 aliphatic rings. The van der Waals surface area contributed by atoms with Crippen molar-refractivity contribution in [2.45, 2.75) is 180 Å². The van der Waals surface area contributed by atoms with Crippen LogP contribution >= 0.6 is 0 Å². The maximum Gasteiger partial charge on any atom is 0.410 e. The maximum absolute atomic E-state index is 14.6. The third-order valence-corrected chi connectivity index (χ3v) is 16.5. The monoisotopic (exact) mass is 1040 g/mol. The normalized spacial score (nSPS) is 38.4. The molecule has 4 heterocycles. The van der Waals surface area contributed by atoms with Gasteiger partial charge in [0.25, 0.3) is 11.7 Å². The van der Waals surface area contributed by atoms with E-state index in [2.05, 4.69) is 4.90 Å². The van der Waals surface area contributed by atoms with Crippen molar-refractivity contribution in [3.63, 3.8) is 0 Å². The predicted molar refractivity (Wildman–Crippen MR) is 278 cm³/mol. The molecular weight excluding hydrogens is 951 g/mol. The number of carbonyl (C=O) groups is 6. The van der Waals surface area contributed by atoms with Gasteiger partial charge in [-0.2, -0.15) is 0 Å². The lowest BCUT2D eigenvalue weighted by atomic mass is 9.78. The van der Waals surface area contributed by atoms with Crippen molar-refractivity contribution in [3.8, 4) is 0 Å². The van der Waals surface area contributed by atoms with Crippen LogP contribution < -0.4 is 0 Å². The number of piperidine rings is 1. The fraction of sp³-hybridized carbons (Fsp3) is 0.754. The SMILES string of the molecule is CO[C@H]1C[C@@H]2CC[C@@H](C)[C@@](O)(O2)C(=O)C(=O)N2CCCC[C@H]2C(=O)O[C@H]([C@H](C)C[C@@H]2CC[C@@H](OC(=O)N3CCN(C)CC3)[C@H](OC)C2)CC(=O)[C@H](C)/C=C(\C)[C@@H](O)[C@@H](OC)C(=O)[C@H](C)C[C@H](C)/C=C/C=C/C=C/1C. The van der Waals surface area contributed by atoms with Crippen LogP contribution in [0, 0.1) is 35.5 Å². The number of nitrogens with zero attached hydrogens (tertiary/aromatic N) is 3. The number of likely N-dealkylation sites (N-methyl/N-ethyl adjacent to an activating group) is 1. The van der Waals surface area contributed by atoms with Crippen molar-refractivity contribution >= 4 is 35.3 Å². The van der Waals surface area contributed by atoms with Crippen molar-refractivity contribution in [2.24, 2.45) is 35.5 Å². The molecule has 4 fully saturated rings. The molecule has 0 aromatic carbocycles. The second-order valence-corrected chi connectivity index (χ2v) is 22.2. The Morgan fingerprint density at radius 3 is 2.22 bits per heavy atom. The average molecular weight is 1040 g/mol. The Bertz CT molecular complexity index is 2050. The second-order valence-electron chi connectivity index (χ2n) is 22.2. The summed E-state index contributed by atoms with van der Waals surface area (Å²) in [6.07, 6.45) is 10.7. The summed E-state index contributed by atoms with van der Waals surface area (Å²) in [4.78, 5) is 89.7. The first kappa shape index (κ1) is 60.8. The van der Waals surface area contributed by atoms with Gasteiger partial charge in [-0.15, -0.1) is 0 Å². The van der Waals surface area contributed by atoms with Gasteiger partial charge in [-0.3, -0.25) is 19.2 Å². The third kappa shape index (κ3) is 16.0. The highest BCUT2D eigenvalue weighted by molar-refractivity contribution is 6.39. The van der Waals surface area contributed by atoms with Gasteiger partial charge >= 0.3 is 12.1 Å².